The second-order valence-corrected chi connectivity index (χ2v) is 4.43. The maximum Gasteiger partial charge on any atom is 0.275 e. The van der Waals surface area contributed by atoms with Crippen LogP contribution in [-0.2, 0) is 6.54 Å². The van der Waals surface area contributed by atoms with Crippen LogP contribution < -0.4 is 5.32 Å². The monoisotopic (exact) mass is 255 g/mol. The summed E-state index contributed by atoms with van der Waals surface area (Å²) in [6, 6.07) is 4.82. The van der Waals surface area contributed by atoms with Gasteiger partial charge in [-0.1, -0.05) is 17.7 Å². The van der Waals surface area contributed by atoms with E-state index < -0.39 is 0 Å². The molecule has 1 saturated heterocycles. The quantitative estimate of drug-likeness (QED) is 0.659. The Kier molecular flexibility index (Phi) is 3.93. The minimum absolute atomic E-state index is 0.107. The number of nitro benzene ring substituents is 1. The summed E-state index contributed by atoms with van der Waals surface area (Å²) >= 11 is 6.05. The van der Waals surface area contributed by atoms with Crippen molar-refractivity contribution in [3.63, 3.8) is 0 Å². The van der Waals surface area contributed by atoms with Gasteiger partial charge in [-0.3, -0.25) is 15.0 Å². The summed E-state index contributed by atoms with van der Waals surface area (Å²) in [7, 11) is 0. The number of piperazine rings is 1. The summed E-state index contributed by atoms with van der Waals surface area (Å²) < 4.78 is 0. The topological polar surface area (TPSA) is 58.4 Å². The predicted molar refractivity (Wildman–Crippen MR) is 66.3 cm³/mol. The van der Waals surface area contributed by atoms with E-state index in [4.69, 9.17) is 11.6 Å². The molecule has 17 heavy (non-hydrogen) atoms. The van der Waals surface area contributed by atoms with Gasteiger partial charge in [-0.2, -0.15) is 0 Å². The van der Waals surface area contributed by atoms with Gasteiger partial charge >= 0.3 is 0 Å². The minimum Gasteiger partial charge on any atom is -0.314 e. The van der Waals surface area contributed by atoms with Crippen LogP contribution in [0.15, 0.2) is 18.2 Å². The Morgan fingerprint density at radius 1 is 1.41 bits per heavy atom. The summed E-state index contributed by atoms with van der Waals surface area (Å²) in [4.78, 5) is 12.7. The maximum absolute atomic E-state index is 10.9. The van der Waals surface area contributed by atoms with Gasteiger partial charge in [0, 0.05) is 38.8 Å². The summed E-state index contributed by atoms with van der Waals surface area (Å²) in [5.41, 5.74) is 0.720. The number of rotatable bonds is 3. The Bertz CT molecular complexity index is 419. The van der Waals surface area contributed by atoms with E-state index in [-0.39, 0.29) is 10.6 Å². The van der Waals surface area contributed by atoms with Gasteiger partial charge in [0.25, 0.3) is 5.69 Å². The van der Waals surface area contributed by atoms with Gasteiger partial charge in [0.05, 0.1) is 15.5 Å². The molecule has 0 amide bonds. The number of hydrogen-bond acceptors (Lipinski definition) is 4. The molecule has 1 heterocycles. The lowest BCUT2D eigenvalue weighted by atomic mass is 10.1. The third-order valence-corrected chi connectivity index (χ3v) is 3.24. The van der Waals surface area contributed by atoms with Crippen molar-refractivity contribution in [2.75, 3.05) is 26.2 Å². The van der Waals surface area contributed by atoms with Crippen molar-refractivity contribution in [3.8, 4) is 0 Å². The van der Waals surface area contributed by atoms with Crippen LogP contribution in [0.2, 0.25) is 5.02 Å². The molecule has 0 atom stereocenters. The Labute approximate surface area is 105 Å². The van der Waals surface area contributed by atoms with E-state index in [9.17, 15) is 10.1 Å². The molecule has 1 aliphatic rings. The average molecular weight is 256 g/mol. The van der Waals surface area contributed by atoms with Crippen molar-refractivity contribution < 1.29 is 4.92 Å². The highest BCUT2D eigenvalue weighted by Crippen LogP contribution is 2.27. The Morgan fingerprint density at radius 3 is 2.76 bits per heavy atom. The number of halogens is 1. The van der Waals surface area contributed by atoms with Gasteiger partial charge in [0.2, 0.25) is 0 Å². The number of nitro groups is 1. The molecule has 0 spiro atoms. The van der Waals surface area contributed by atoms with E-state index >= 15 is 0 Å². The lowest BCUT2D eigenvalue weighted by Crippen LogP contribution is -2.43. The van der Waals surface area contributed by atoms with Gasteiger partial charge in [-0.05, 0) is 6.07 Å². The first-order valence-electron chi connectivity index (χ1n) is 5.53. The van der Waals surface area contributed by atoms with Crippen LogP contribution in [0.4, 0.5) is 5.69 Å². The molecule has 1 N–H and O–H groups in total. The van der Waals surface area contributed by atoms with E-state index in [1.54, 1.807) is 12.1 Å². The molecule has 1 aromatic carbocycles. The third kappa shape index (κ3) is 2.94. The van der Waals surface area contributed by atoms with Crippen molar-refractivity contribution >= 4 is 17.3 Å². The maximum atomic E-state index is 10.9. The molecule has 2 rings (SSSR count). The molecule has 0 saturated carbocycles. The van der Waals surface area contributed by atoms with Gasteiger partial charge < -0.3 is 5.32 Å². The van der Waals surface area contributed by atoms with Crippen molar-refractivity contribution in [1.82, 2.24) is 10.2 Å². The van der Waals surface area contributed by atoms with Gasteiger partial charge in [-0.25, -0.2) is 0 Å². The molecule has 6 heteroatoms. The molecular formula is C11H14ClN3O2. The zero-order valence-electron chi connectivity index (χ0n) is 9.36. The molecule has 0 aliphatic carbocycles. The molecule has 0 aromatic heterocycles. The summed E-state index contributed by atoms with van der Waals surface area (Å²) in [5.74, 6) is 0. The third-order valence-electron chi connectivity index (χ3n) is 2.88. The second-order valence-electron chi connectivity index (χ2n) is 4.02. The highest BCUT2D eigenvalue weighted by atomic mass is 35.5. The first-order valence-corrected chi connectivity index (χ1v) is 5.91. The van der Waals surface area contributed by atoms with Crippen LogP contribution in [0.3, 0.4) is 0 Å². The fourth-order valence-electron chi connectivity index (χ4n) is 1.97. The molecule has 1 fully saturated rings. The molecule has 1 aromatic rings. The molecule has 1 aliphatic heterocycles. The molecule has 0 bridgehead atoms. The van der Waals surface area contributed by atoms with Crippen LogP contribution in [0.5, 0.6) is 0 Å². The Hall–Kier alpha value is -1.17. The van der Waals surface area contributed by atoms with E-state index in [0.717, 1.165) is 26.2 Å². The standard InChI is InChI=1S/C11H14ClN3O2/c12-10-2-1-3-11(15(16)17)9(10)8-14-6-4-13-5-7-14/h1-3,13H,4-8H2. The zero-order valence-corrected chi connectivity index (χ0v) is 10.1. The lowest BCUT2D eigenvalue weighted by molar-refractivity contribution is -0.385. The first-order chi connectivity index (χ1) is 8.18. The van der Waals surface area contributed by atoms with Crippen molar-refractivity contribution in [1.29, 1.82) is 0 Å². The van der Waals surface area contributed by atoms with E-state index in [2.05, 4.69) is 10.2 Å². The lowest BCUT2D eigenvalue weighted by Gasteiger charge is -2.27. The largest absolute Gasteiger partial charge is 0.314 e. The molecule has 0 radical (unpaired) electrons. The predicted octanol–water partition coefficient (Wildman–Crippen LogP) is 1.65. The van der Waals surface area contributed by atoms with Crippen LogP contribution in [-0.4, -0.2) is 36.0 Å². The second kappa shape index (κ2) is 5.44. The van der Waals surface area contributed by atoms with Crippen molar-refractivity contribution in [3.05, 3.63) is 38.9 Å². The Morgan fingerprint density at radius 2 is 2.12 bits per heavy atom. The van der Waals surface area contributed by atoms with E-state index in [1.165, 1.54) is 6.07 Å². The highest BCUT2D eigenvalue weighted by molar-refractivity contribution is 6.31. The highest BCUT2D eigenvalue weighted by Gasteiger charge is 2.20. The van der Waals surface area contributed by atoms with E-state index in [1.807, 2.05) is 0 Å². The summed E-state index contributed by atoms with van der Waals surface area (Å²) in [6.45, 7) is 4.15. The molecule has 5 nitrogen and oxygen atoms in total. The SMILES string of the molecule is O=[N+]([O-])c1cccc(Cl)c1CN1CCNCC1. The number of benzene rings is 1. The van der Waals surface area contributed by atoms with Crippen LogP contribution in [0, 0.1) is 10.1 Å². The fraction of sp³-hybridized carbons (Fsp3) is 0.455. The summed E-state index contributed by atoms with van der Waals surface area (Å²) in [6.07, 6.45) is 0. The normalized spacial score (nSPS) is 17.0. The van der Waals surface area contributed by atoms with Crippen molar-refractivity contribution in [2.45, 2.75) is 6.54 Å². The molecular weight excluding hydrogens is 242 g/mol. The smallest absolute Gasteiger partial charge is 0.275 e. The van der Waals surface area contributed by atoms with Crippen LogP contribution >= 0.6 is 11.6 Å². The van der Waals surface area contributed by atoms with Gasteiger partial charge in [-0.15, -0.1) is 0 Å². The van der Waals surface area contributed by atoms with Crippen LogP contribution in [0.1, 0.15) is 5.56 Å². The van der Waals surface area contributed by atoms with Gasteiger partial charge in [0.15, 0.2) is 0 Å². The van der Waals surface area contributed by atoms with Crippen molar-refractivity contribution in [2.24, 2.45) is 0 Å². The Balaban J connectivity index is 2.21. The zero-order chi connectivity index (χ0) is 12.3. The first kappa shape index (κ1) is 12.3. The molecule has 92 valence electrons. The minimum atomic E-state index is -0.372. The molecule has 0 unspecified atom stereocenters. The number of hydrogen-bond donors (Lipinski definition) is 1. The fourth-order valence-corrected chi connectivity index (χ4v) is 2.20. The van der Waals surface area contributed by atoms with Gasteiger partial charge in [0.1, 0.15) is 0 Å². The number of nitrogens with zero attached hydrogens (tertiary/aromatic N) is 2. The van der Waals surface area contributed by atoms with Crippen LogP contribution in [0.25, 0.3) is 0 Å². The summed E-state index contributed by atoms with van der Waals surface area (Å²) in [5, 5.41) is 14.6. The van der Waals surface area contributed by atoms with E-state index in [0.29, 0.717) is 17.1 Å². The number of nitrogens with one attached hydrogen (secondary N) is 1. The average Bonchev–Trinajstić information content (AvgIpc) is 2.33.